The summed E-state index contributed by atoms with van der Waals surface area (Å²) >= 11 is 0. The highest BCUT2D eigenvalue weighted by Gasteiger charge is 2.19. The molecule has 0 atom stereocenters. The second-order valence-electron chi connectivity index (χ2n) is 5.22. The Bertz CT molecular complexity index is 1060. The van der Waals surface area contributed by atoms with Crippen LogP contribution in [0.1, 0.15) is 16.1 Å². The highest BCUT2D eigenvalue weighted by atomic mass is 32.2. The maximum Gasteiger partial charge on any atom is 0.291 e. The van der Waals surface area contributed by atoms with Crippen molar-refractivity contribution >= 4 is 32.6 Å². The number of nitrogens with one attached hydrogen (secondary N) is 1. The van der Waals surface area contributed by atoms with Crippen molar-refractivity contribution in [3.63, 3.8) is 0 Å². The van der Waals surface area contributed by atoms with Crippen LogP contribution in [-0.4, -0.2) is 14.3 Å². The topological polar surface area (TPSA) is 102 Å². The fourth-order valence-corrected chi connectivity index (χ4v) is 2.91. The van der Waals surface area contributed by atoms with Gasteiger partial charge in [0.2, 0.25) is 10.0 Å². The lowest BCUT2D eigenvalue weighted by atomic mass is 10.1. The number of anilines is 1. The third kappa shape index (κ3) is 3.01. The summed E-state index contributed by atoms with van der Waals surface area (Å²) in [4.78, 5) is 12.2. The number of hydrogen-bond acceptors (Lipinski definition) is 4. The van der Waals surface area contributed by atoms with Crippen molar-refractivity contribution in [2.24, 2.45) is 5.14 Å². The van der Waals surface area contributed by atoms with Gasteiger partial charge in [-0.3, -0.25) is 4.79 Å². The standard InChI is InChI=1S/C16H13FN2O4S/c1-9-13-7-10(17)5-6-14(13)23-15(9)16(20)19-11-3-2-4-12(8-11)24(18,21)22/h2-8H,1H3,(H,19,20)(H2,18,21,22). The summed E-state index contributed by atoms with van der Waals surface area (Å²) in [5, 5.41) is 8.10. The molecule has 0 saturated heterocycles. The minimum absolute atomic E-state index is 0.0246. The molecule has 0 unspecified atom stereocenters. The van der Waals surface area contributed by atoms with Crippen molar-refractivity contribution in [2.75, 3.05) is 5.32 Å². The SMILES string of the molecule is Cc1c(C(=O)Nc2cccc(S(N)(=O)=O)c2)oc2ccc(F)cc12. The molecular formula is C16H13FN2O4S. The molecule has 24 heavy (non-hydrogen) atoms. The first-order valence-electron chi connectivity index (χ1n) is 6.88. The number of hydrogen-bond donors (Lipinski definition) is 2. The number of amides is 1. The van der Waals surface area contributed by atoms with Crippen LogP contribution in [0.25, 0.3) is 11.0 Å². The highest BCUT2D eigenvalue weighted by molar-refractivity contribution is 7.89. The van der Waals surface area contributed by atoms with Crippen LogP contribution in [0.3, 0.4) is 0 Å². The molecule has 0 aliphatic heterocycles. The largest absolute Gasteiger partial charge is 0.451 e. The zero-order chi connectivity index (χ0) is 17.5. The number of fused-ring (bicyclic) bond motifs is 1. The van der Waals surface area contributed by atoms with Crippen LogP contribution < -0.4 is 10.5 Å². The first-order valence-corrected chi connectivity index (χ1v) is 8.43. The Labute approximate surface area is 137 Å². The van der Waals surface area contributed by atoms with Gasteiger partial charge >= 0.3 is 0 Å². The van der Waals surface area contributed by atoms with Gasteiger partial charge in [-0.1, -0.05) is 6.07 Å². The van der Waals surface area contributed by atoms with Crippen LogP contribution in [0.5, 0.6) is 0 Å². The Morgan fingerprint density at radius 3 is 2.67 bits per heavy atom. The lowest BCUT2D eigenvalue weighted by Gasteiger charge is -2.05. The fraction of sp³-hybridized carbons (Fsp3) is 0.0625. The van der Waals surface area contributed by atoms with Crippen LogP contribution in [0.4, 0.5) is 10.1 Å². The predicted octanol–water partition coefficient (Wildman–Crippen LogP) is 2.78. The normalized spacial score (nSPS) is 11.6. The summed E-state index contributed by atoms with van der Waals surface area (Å²) < 4.78 is 41.5. The maximum absolute atomic E-state index is 13.3. The van der Waals surface area contributed by atoms with E-state index < -0.39 is 21.7 Å². The van der Waals surface area contributed by atoms with E-state index in [2.05, 4.69) is 5.32 Å². The second kappa shape index (κ2) is 5.73. The molecule has 0 aliphatic rings. The van der Waals surface area contributed by atoms with Crippen molar-refractivity contribution in [3.8, 4) is 0 Å². The minimum Gasteiger partial charge on any atom is -0.451 e. The van der Waals surface area contributed by atoms with Crippen molar-refractivity contribution in [1.82, 2.24) is 0 Å². The van der Waals surface area contributed by atoms with Crippen LogP contribution >= 0.6 is 0 Å². The molecule has 2 aromatic carbocycles. The third-order valence-electron chi connectivity index (χ3n) is 3.52. The Kier molecular flexibility index (Phi) is 3.86. The summed E-state index contributed by atoms with van der Waals surface area (Å²) in [7, 11) is -3.88. The lowest BCUT2D eigenvalue weighted by molar-refractivity contribution is 0.0998. The minimum atomic E-state index is -3.88. The van der Waals surface area contributed by atoms with E-state index in [1.165, 1.54) is 42.5 Å². The monoisotopic (exact) mass is 348 g/mol. The van der Waals surface area contributed by atoms with Gasteiger partial charge in [0.25, 0.3) is 5.91 Å². The molecule has 0 saturated carbocycles. The highest BCUT2D eigenvalue weighted by Crippen LogP contribution is 2.27. The van der Waals surface area contributed by atoms with Gasteiger partial charge in [0, 0.05) is 16.6 Å². The Morgan fingerprint density at radius 2 is 1.96 bits per heavy atom. The molecule has 0 aliphatic carbocycles. The molecule has 1 heterocycles. The van der Waals surface area contributed by atoms with Gasteiger partial charge in [0.05, 0.1) is 4.90 Å². The number of sulfonamides is 1. The van der Waals surface area contributed by atoms with E-state index in [1.54, 1.807) is 6.92 Å². The number of primary sulfonamides is 1. The van der Waals surface area contributed by atoms with Crippen LogP contribution in [0.15, 0.2) is 51.8 Å². The van der Waals surface area contributed by atoms with E-state index in [0.717, 1.165) is 0 Å². The number of benzene rings is 2. The summed E-state index contributed by atoms with van der Waals surface area (Å²) in [5.41, 5.74) is 1.12. The zero-order valence-electron chi connectivity index (χ0n) is 12.5. The number of carbonyl (C=O) groups is 1. The number of halogens is 1. The molecule has 1 amide bonds. The summed E-state index contributed by atoms with van der Waals surface area (Å²) in [6.45, 7) is 1.64. The van der Waals surface area contributed by atoms with Crippen LogP contribution in [-0.2, 0) is 10.0 Å². The average molecular weight is 348 g/mol. The zero-order valence-corrected chi connectivity index (χ0v) is 13.4. The number of rotatable bonds is 3. The van der Waals surface area contributed by atoms with E-state index >= 15 is 0 Å². The molecule has 124 valence electrons. The Morgan fingerprint density at radius 1 is 1.21 bits per heavy atom. The van der Waals surface area contributed by atoms with Crippen molar-refractivity contribution in [3.05, 3.63) is 59.6 Å². The Hall–Kier alpha value is -2.71. The average Bonchev–Trinajstić information content (AvgIpc) is 2.84. The molecule has 8 heteroatoms. The van der Waals surface area contributed by atoms with Crippen molar-refractivity contribution < 1.29 is 22.0 Å². The van der Waals surface area contributed by atoms with Gasteiger partial charge < -0.3 is 9.73 Å². The van der Waals surface area contributed by atoms with E-state index in [9.17, 15) is 17.6 Å². The molecule has 3 aromatic rings. The molecular weight excluding hydrogens is 335 g/mol. The quantitative estimate of drug-likeness (QED) is 0.759. The van der Waals surface area contributed by atoms with E-state index in [0.29, 0.717) is 16.5 Å². The van der Waals surface area contributed by atoms with E-state index in [1.807, 2.05) is 0 Å². The number of nitrogens with two attached hydrogens (primary N) is 1. The van der Waals surface area contributed by atoms with Crippen LogP contribution in [0, 0.1) is 12.7 Å². The first-order chi connectivity index (χ1) is 11.3. The maximum atomic E-state index is 13.3. The number of furan rings is 1. The van der Waals surface area contributed by atoms with E-state index in [4.69, 9.17) is 9.56 Å². The van der Waals surface area contributed by atoms with Gasteiger partial charge in [-0.05, 0) is 43.3 Å². The summed E-state index contributed by atoms with van der Waals surface area (Å²) in [6, 6.07) is 9.50. The molecule has 0 radical (unpaired) electrons. The molecule has 0 bridgehead atoms. The lowest BCUT2D eigenvalue weighted by Crippen LogP contribution is -2.15. The molecule has 1 aromatic heterocycles. The third-order valence-corrected chi connectivity index (χ3v) is 4.44. The molecule has 0 fully saturated rings. The smallest absolute Gasteiger partial charge is 0.291 e. The summed E-state index contributed by atoms with van der Waals surface area (Å²) in [6.07, 6.45) is 0. The molecule has 3 N–H and O–H groups in total. The van der Waals surface area contributed by atoms with Gasteiger partial charge in [-0.15, -0.1) is 0 Å². The second-order valence-corrected chi connectivity index (χ2v) is 6.79. The summed E-state index contributed by atoms with van der Waals surface area (Å²) in [5.74, 6) is -0.980. The Balaban J connectivity index is 1.95. The fourth-order valence-electron chi connectivity index (χ4n) is 2.35. The van der Waals surface area contributed by atoms with E-state index in [-0.39, 0.29) is 16.3 Å². The van der Waals surface area contributed by atoms with Crippen molar-refractivity contribution in [2.45, 2.75) is 11.8 Å². The van der Waals surface area contributed by atoms with Gasteiger partial charge in [0.15, 0.2) is 5.76 Å². The number of carbonyl (C=O) groups excluding carboxylic acids is 1. The number of aryl methyl sites for hydroxylation is 1. The molecule has 3 rings (SSSR count). The van der Waals surface area contributed by atoms with Gasteiger partial charge in [-0.25, -0.2) is 17.9 Å². The van der Waals surface area contributed by atoms with Gasteiger partial charge in [-0.2, -0.15) is 0 Å². The van der Waals surface area contributed by atoms with Gasteiger partial charge in [0.1, 0.15) is 11.4 Å². The molecule has 0 spiro atoms. The van der Waals surface area contributed by atoms with Crippen molar-refractivity contribution in [1.29, 1.82) is 0 Å². The first kappa shape index (κ1) is 16.2. The van der Waals surface area contributed by atoms with Crippen LogP contribution in [0.2, 0.25) is 0 Å². The molecule has 6 nitrogen and oxygen atoms in total. The predicted molar refractivity (Wildman–Crippen MR) is 86.7 cm³/mol.